The molecule has 3 heteroatoms. The van der Waals surface area contributed by atoms with Crippen molar-refractivity contribution in [2.45, 2.75) is 24.9 Å². The maximum absolute atomic E-state index is 11.7. The molecule has 2 heterocycles. The van der Waals surface area contributed by atoms with Crippen LogP contribution in [0.2, 0.25) is 0 Å². The molecule has 0 atom stereocenters. The summed E-state index contributed by atoms with van der Waals surface area (Å²) in [5, 5.41) is 11.7. The molecule has 0 aromatic heterocycles. The van der Waals surface area contributed by atoms with Crippen LogP contribution in [0.4, 0.5) is 0 Å². The summed E-state index contributed by atoms with van der Waals surface area (Å²) in [5.74, 6) is 0.949. The van der Waals surface area contributed by atoms with Gasteiger partial charge in [0, 0.05) is 32.4 Å². The van der Waals surface area contributed by atoms with Gasteiger partial charge >= 0.3 is 0 Å². The molecule has 3 nitrogen and oxygen atoms in total. The van der Waals surface area contributed by atoms with E-state index in [9.17, 15) is 5.11 Å². The monoisotopic (exact) mass is 218 g/mol. The molecule has 0 radical (unpaired) electrons. The van der Waals surface area contributed by atoms with Crippen LogP contribution in [-0.4, -0.2) is 30.6 Å². The Morgan fingerprint density at radius 3 is 2.75 bits per heavy atom. The lowest BCUT2D eigenvalue weighted by Crippen LogP contribution is -2.45. The molecular formula is C13H16NO2-. The molecule has 1 spiro atoms. The van der Waals surface area contributed by atoms with Crippen LogP contribution in [-0.2, 0) is 6.42 Å². The third-order valence-corrected chi connectivity index (χ3v) is 3.81. The summed E-state index contributed by atoms with van der Waals surface area (Å²) in [5.41, 5.74) is 0.794. The van der Waals surface area contributed by atoms with Gasteiger partial charge in [-0.3, -0.25) is 0 Å². The normalized spacial score (nSPS) is 23.1. The van der Waals surface area contributed by atoms with Crippen molar-refractivity contribution < 1.29 is 9.84 Å². The van der Waals surface area contributed by atoms with Crippen LogP contribution < -0.4 is 9.84 Å². The van der Waals surface area contributed by atoms with Crippen molar-refractivity contribution in [1.82, 2.24) is 4.90 Å². The summed E-state index contributed by atoms with van der Waals surface area (Å²) >= 11 is 0. The molecule has 1 aromatic carbocycles. The topological polar surface area (TPSA) is 35.5 Å². The molecular weight excluding hydrogens is 202 g/mol. The van der Waals surface area contributed by atoms with Crippen LogP contribution >= 0.6 is 0 Å². The van der Waals surface area contributed by atoms with Crippen LogP contribution in [0.5, 0.6) is 11.5 Å². The van der Waals surface area contributed by atoms with Gasteiger partial charge in [0.25, 0.3) is 0 Å². The summed E-state index contributed by atoms with van der Waals surface area (Å²) in [6, 6.07) is 5.34. The van der Waals surface area contributed by atoms with Crippen LogP contribution in [0.1, 0.15) is 18.4 Å². The van der Waals surface area contributed by atoms with Crippen LogP contribution in [0.3, 0.4) is 0 Å². The number of likely N-dealkylation sites (tertiary alicyclic amines) is 1. The fourth-order valence-electron chi connectivity index (χ4n) is 2.71. The molecule has 0 unspecified atom stereocenters. The number of nitrogens with zero attached hydrogens (tertiary/aromatic N) is 1. The number of hydrogen-bond acceptors (Lipinski definition) is 3. The standard InChI is InChI=1S/C13H17NO2/c1-14-7-5-13(6-8-14)9-10-11(15)3-2-4-12(10)16-13/h2-4,15H,5-9H2,1H3/p-1. The third-order valence-electron chi connectivity index (χ3n) is 3.81. The first kappa shape index (κ1) is 9.97. The Morgan fingerprint density at radius 2 is 2.06 bits per heavy atom. The van der Waals surface area contributed by atoms with Crippen molar-refractivity contribution in [3.63, 3.8) is 0 Å². The van der Waals surface area contributed by atoms with Gasteiger partial charge in [-0.2, -0.15) is 0 Å². The van der Waals surface area contributed by atoms with E-state index in [-0.39, 0.29) is 11.4 Å². The van der Waals surface area contributed by atoms with Crippen LogP contribution in [0.25, 0.3) is 0 Å². The minimum absolute atomic E-state index is 0.0879. The van der Waals surface area contributed by atoms with Crippen molar-refractivity contribution in [2.24, 2.45) is 0 Å². The highest BCUT2D eigenvalue weighted by molar-refractivity contribution is 5.47. The molecule has 0 saturated carbocycles. The third kappa shape index (κ3) is 1.47. The van der Waals surface area contributed by atoms with E-state index in [0.717, 1.165) is 43.7 Å². The second kappa shape index (κ2) is 3.39. The fourth-order valence-corrected chi connectivity index (χ4v) is 2.71. The van der Waals surface area contributed by atoms with Gasteiger partial charge in [0.15, 0.2) is 0 Å². The number of rotatable bonds is 0. The molecule has 1 saturated heterocycles. The average molecular weight is 218 g/mol. The van der Waals surface area contributed by atoms with E-state index in [2.05, 4.69) is 11.9 Å². The summed E-state index contributed by atoms with van der Waals surface area (Å²) in [7, 11) is 2.13. The van der Waals surface area contributed by atoms with E-state index in [4.69, 9.17) is 4.74 Å². The van der Waals surface area contributed by atoms with Crippen molar-refractivity contribution in [1.29, 1.82) is 0 Å². The smallest absolute Gasteiger partial charge is 0.122 e. The van der Waals surface area contributed by atoms with Crippen molar-refractivity contribution in [2.75, 3.05) is 20.1 Å². The maximum Gasteiger partial charge on any atom is 0.122 e. The first-order valence-electron chi connectivity index (χ1n) is 5.85. The van der Waals surface area contributed by atoms with Crippen LogP contribution in [0.15, 0.2) is 18.2 Å². The lowest BCUT2D eigenvalue weighted by atomic mass is 9.87. The zero-order chi connectivity index (χ0) is 11.2. The highest BCUT2D eigenvalue weighted by Crippen LogP contribution is 2.43. The van der Waals surface area contributed by atoms with E-state index in [1.54, 1.807) is 12.1 Å². The van der Waals surface area contributed by atoms with E-state index in [0.29, 0.717) is 0 Å². The zero-order valence-electron chi connectivity index (χ0n) is 9.53. The van der Waals surface area contributed by atoms with E-state index in [1.807, 2.05) is 6.07 Å². The molecule has 86 valence electrons. The number of benzene rings is 1. The Bertz CT molecular complexity index is 408. The van der Waals surface area contributed by atoms with E-state index >= 15 is 0 Å². The Labute approximate surface area is 95.6 Å². The lowest BCUT2D eigenvalue weighted by molar-refractivity contribution is -0.269. The van der Waals surface area contributed by atoms with Crippen molar-refractivity contribution >= 4 is 0 Å². The van der Waals surface area contributed by atoms with Gasteiger partial charge in [-0.05, 0) is 18.7 Å². The van der Waals surface area contributed by atoms with Gasteiger partial charge < -0.3 is 14.7 Å². The quantitative estimate of drug-likeness (QED) is 0.655. The van der Waals surface area contributed by atoms with E-state index in [1.165, 1.54) is 0 Å². The molecule has 2 aliphatic rings. The molecule has 0 aliphatic carbocycles. The Kier molecular flexibility index (Phi) is 2.11. The zero-order valence-corrected chi connectivity index (χ0v) is 9.53. The van der Waals surface area contributed by atoms with Gasteiger partial charge in [0.05, 0.1) is 0 Å². The second-order valence-corrected chi connectivity index (χ2v) is 5.00. The molecule has 3 rings (SSSR count). The van der Waals surface area contributed by atoms with Gasteiger partial charge in [0.2, 0.25) is 0 Å². The Hall–Kier alpha value is -1.22. The highest BCUT2D eigenvalue weighted by atomic mass is 16.5. The largest absolute Gasteiger partial charge is 0.872 e. The van der Waals surface area contributed by atoms with Crippen molar-refractivity contribution in [3.8, 4) is 11.5 Å². The number of piperidine rings is 1. The molecule has 1 aromatic rings. The number of ether oxygens (including phenoxy) is 1. The van der Waals surface area contributed by atoms with E-state index < -0.39 is 0 Å². The van der Waals surface area contributed by atoms with Crippen molar-refractivity contribution in [3.05, 3.63) is 23.8 Å². The lowest BCUT2D eigenvalue weighted by Gasteiger charge is -2.37. The highest BCUT2D eigenvalue weighted by Gasteiger charge is 2.41. The molecule has 0 amide bonds. The predicted octanol–water partition coefficient (Wildman–Crippen LogP) is 1.16. The van der Waals surface area contributed by atoms with Crippen LogP contribution in [0, 0.1) is 0 Å². The summed E-state index contributed by atoms with van der Waals surface area (Å²) < 4.78 is 6.04. The summed E-state index contributed by atoms with van der Waals surface area (Å²) in [4.78, 5) is 2.32. The first-order valence-corrected chi connectivity index (χ1v) is 5.85. The maximum atomic E-state index is 11.7. The number of hydrogen-bond donors (Lipinski definition) is 0. The molecule has 0 N–H and O–H groups in total. The molecule has 16 heavy (non-hydrogen) atoms. The minimum Gasteiger partial charge on any atom is -0.872 e. The average Bonchev–Trinajstić information content (AvgIpc) is 2.63. The fraction of sp³-hybridized carbons (Fsp3) is 0.538. The summed E-state index contributed by atoms with van der Waals surface area (Å²) in [6.45, 7) is 2.12. The SMILES string of the molecule is CN1CCC2(CC1)Cc1c([O-])cccc1O2. The summed E-state index contributed by atoms with van der Waals surface area (Å²) in [6.07, 6.45) is 2.85. The van der Waals surface area contributed by atoms with Gasteiger partial charge in [-0.1, -0.05) is 12.1 Å². The van der Waals surface area contributed by atoms with Gasteiger partial charge in [-0.15, -0.1) is 5.75 Å². The molecule has 0 bridgehead atoms. The molecule has 2 aliphatic heterocycles. The minimum atomic E-state index is -0.0879. The first-order chi connectivity index (χ1) is 7.69. The Balaban J connectivity index is 1.87. The Morgan fingerprint density at radius 1 is 1.31 bits per heavy atom. The second-order valence-electron chi connectivity index (χ2n) is 5.00. The van der Waals surface area contributed by atoms with Gasteiger partial charge in [-0.25, -0.2) is 0 Å². The number of fused-ring (bicyclic) bond motifs is 1. The molecule has 1 fully saturated rings. The van der Waals surface area contributed by atoms with Gasteiger partial charge in [0.1, 0.15) is 11.4 Å². The predicted molar refractivity (Wildman–Crippen MR) is 59.7 cm³/mol.